The van der Waals surface area contributed by atoms with Crippen molar-refractivity contribution in [2.24, 2.45) is 0 Å². The van der Waals surface area contributed by atoms with E-state index >= 15 is 0 Å². The van der Waals surface area contributed by atoms with Crippen LogP contribution >= 0.6 is 11.3 Å². The molecule has 0 aliphatic rings. The van der Waals surface area contributed by atoms with E-state index in [1.807, 2.05) is 44.2 Å². The number of fused-ring (bicyclic) bond motifs is 1. The molecule has 0 fully saturated rings. The largest absolute Gasteiger partial charge is 0.467 e. The van der Waals surface area contributed by atoms with Gasteiger partial charge in [0.25, 0.3) is 5.56 Å². The van der Waals surface area contributed by atoms with Crippen LogP contribution in [0.2, 0.25) is 0 Å². The van der Waals surface area contributed by atoms with Gasteiger partial charge >= 0.3 is 5.97 Å². The summed E-state index contributed by atoms with van der Waals surface area (Å²) in [7, 11) is 1.33. The van der Waals surface area contributed by atoms with E-state index in [1.165, 1.54) is 29.3 Å². The third kappa shape index (κ3) is 2.63. The number of benzene rings is 1. The fraction of sp³-hybridized carbons (Fsp3) is 0.278. The average Bonchev–Trinajstić information content (AvgIpc) is 2.94. The van der Waals surface area contributed by atoms with E-state index in [0.29, 0.717) is 16.6 Å². The summed E-state index contributed by atoms with van der Waals surface area (Å²) in [4.78, 5) is 31.2. The molecule has 0 saturated heterocycles. The normalized spacial score (nSPS) is 12.3. The number of carbonyl (C=O) groups is 1. The van der Waals surface area contributed by atoms with Crippen molar-refractivity contribution in [1.29, 1.82) is 0 Å². The zero-order valence-electron chi connectivity index (χ0n) is 13.8. The maximum atomic E-state index is 13.1. The first-order chi connectivity index (χ1) is 11.6. The Morgan fingerprint density at radius 1 is 1.33 bits per heavy atom. The molecule has 0 spiro atoms. The van der Waals surface area contributed by atoms with Gasteiger partial charge in [-0.05, 0) is 18.9 Å². The van der Waals surface area contributed by atoms with Crippen LogP contribution in [0, 0.1) is 6.92 Å². The Kier molecular flexibility index (Phi) is 4.49. The minimum atomic E-state index is -0.664. The molecular formula is C18H18N2O3S. The lowest BCUT2D eigenvalue weighted by Gasteiger charge is -2.15. The molecule has 0 aliphatic heterocycles. The van der Waals surface area contributed by atoms with Crippen LogP contribution in [0.1, 0.15) is 24.3 Å². The second kappa shape index (κ2) is 6.57. The zero-order valence-corrected chi connectivity index (χ0v) is 14.6. The van der Waals surface area contributed by atoms with Gasteiger partial charge in [0.1, 0.15) is 10.9 Å². The van der Waals surface area contributed by atoms with E-state index in [2.05, 4.69) is 4.98 Å². The van der Waals surface area contributed by atoms with Crippen molar-refractivity contribution in [1.82, 2.24) is 9.55 Å². The summed E-state index contributed by atoms with van der Waals surface area (Å²) in [5, 5.41) is 0.563. The van der Waals surface area contributed by atoms with Gasteiger partial charge < -0.3 is 4.74 Å². The van der Waals surface area contributed by atoms with Crippen molar-refractivity contribution in [2.45, 2.75) is 26.3 Å². The molecule has 0 N–H and O–H groups in total. The molecule has 3 aromatic rings. The SMILES string of the molecule is CC[C@H](C(=O)OC)n1cnc2sc(C)c(-c3ccccc3)c2c1=O. The molecule has 0 radical (unpaired) electrons. The van der Waals surface area contributed by atoms with Crippen LogP contribution in [-0.2, 0) is 9.53 Å². The lowest BCUT2D eigenvalue weighted by atomic mass is 10.0. The van der Waals surface area contributed by atoms with Crippen molar-refractivity contribution < 1.29 is 9.53 Å². The van der Waals surface area contributed by atoms with E-state index in [1.54, 1.807) is 0 Å². The van der Waals surface area contributed by atoms with Crippen LogP contribution in [0.25, 0.3) is 21.3 Å². The van der Waals surface area contributed by atoms with Gasteiger partial charge in [-0.15, -0.1) is 11.3 Å². The molecule has 5 nitrogen and oxygen atoms in total. The van der Waals surface area contributed by atoms with Crippen molar-refractivity contribution in [3.63, 3.8) is 0 Å². The molecule has 2 aromatic heterocycles. The molecule has 0 unspecified atom stereocenters. The predicted molar refractivity (Wildman–Crippen MR) is 95.4 cm³/mol. The maximum absolute atomic E-state index is 13.1. The topological polar surface area (TPSA) is 61.2 Å². The van der Waals surface area contributed by atoms with Gasteiger partial charge in [-0.2, -0.15) is 0 Å². The standard InChI is InChI=1S/C18H18N2O3S/c1-4-13(18(22)23-3)20-10-19-16-15(17(20)21)14(11(2)24-16)12-8-6-5-7-9-12/h5-10,13H,4H2,1-3H3/t13-/m1/s1. The predicted octanol–water partition coefficient (Wildman–Crippen LogP) is 3.56. The first-order valence-corrected chi connectivity index (χ1v) is 8.53. The molecule has 0 saturated carbocycles. The molecule has 24 heavy (non-hydrogen) atoms. The molecule has 0 bridgehead atoms. The van der Waals surface area contributed by atoms with Gasteiger partial charge in [-0.25, -0.2) is 9.78 Å². The maximum Gasteiger partial charge on any atom is 0.329 e. The van der Waals surface area contributed by atoms with Gasteiger partial charge in [0.2, 0.25) is 0 Å². The minimum Gasteiger partial charge on any atom is -0.467 e. The smallest absolute Gasteiger partial charge is 0.329 e. The summed E-state index contributed by atoms with van der Waals surface area (Å²) in [6.07, 6.45) is 1.91. The first-order valence-electron chi connectivity index (χ1n) is 7.72. The molecule has 0 aliphatic carbocycles. The summed E-state index contributed by atoms with van der Waals surface area (Å²) >= 11 is 1.49. The number of hydrogen-bond donors (Lipinski definition) is 0. The van der Waals surface area contributed by atoms with Crippen molar-refractivity contribution >= 4 is 27.5 Å². The number of ether oxygens (including phenoxy) is 1. The van der Waals surface area contributed by atoms with Crippen molar-refractivity contribution in [2.75, 3.05) is 7.11 Å². The van der Waals surface area contributed by atoms with Crippen molar-refractivity contribution in [3.8, 4) is 11.1 Å². The van der Waals surface area contributed by atoms with Crippen LogP contribution < -0.4 is 5.56 Å². The Bertz CT molecular complexity index is 944. The van der Waals surface area contributed by atoms with Crippen LogP contribution in [0.3, 0.4) is 0 Å². The van der Waals surface area contributed by atoms with Gasteiger partial charge in [0.15, 0.2) is 0 Å². The van der Waals surface area contributed by atoms with E-state index in [-0.39, 0.29) is 5.56 Å². The molecule has 124 valence electrons. The van der Waals surface area contributed by atoms with Gasteiger partial charge in [-0.3, -0.25) is 9.36 Å². The van der Waals surface area contributed by atoms with Gasteiger partial charge in [-0.1, -0.05) is 37.3 Å². The van der Waals surface area contributed by atoms with Crippen LogP contribution in [0.4, 0.5) is 0 Å². The average molecular weight is 342 g/mol. The summed E-state index contributed by atoms with van der Waals surface area (Å²) in [6.45, 7) is 3.82. The van der Waals surface area contributed by atoms with Crippen LogP contribution in [-0.4, -0.2) is 22.6 Å². The quantitative estimate of drug-likeness (QED) is 0.680. The highest BCUT2D eigenvalue weighted by Gasteiger charge is 2.24. The minimum absolute atomic E-state index is 0.208. The summed E-state index contributed by atoms with van der Waals surface area (Å²) in [5.74, 6) is -0.436. The molecular weight excluding hydrogens is 324 g/mol. The second-order valence-electron chi connectivity index (χ2n) is 5.48. The molecule has 1 aromatic carbocycles. The number of methoxy groups -OCH3 is 1. The Labute approximate surface area is 143 Å². The van der Waals surface area contributed by atoms with E-state index in [0.717, 1.165) is 16.0 Å². The number of aromatic nitrogens is 2. The first kappa shape index (κ1) is 16.4. The number of carbonyl (C=O) groups excluding carboxylic acids is 1. The number of thiophene rings is 1. The number of rotatable bonds is 4. The molecule has 0 amide bonds. The lowest BCUT2D eigenvalue weighted by Crippen LogP contribution is -2.30. The van der Waals surface area contributed by atoms with Crippen LogP contribution in [0.15, 0.2) is 41.5 Å². The van der Waals surface area contributed by atoms with Gasteiger partial charge in [0.05, 0.1) is 18.8 Å². The fourth-order valence-electron chi connectivity index (χ4n) is 2.90. The number of esters is 1. The third-order valence-corrected chi connectivity index (χ3v) is 5.08. The summed E-state index contributed by atoms with van der Waals surface area (Å²) < 4.78 is 6.20. The van der Waals surface area contributed by atoms with Crippen LogP contribution in [0.5, 0.6) is 0 Å². The molecule has 6 heteroatoms. The Hall–Kier alpha value is -2.47. The molecule has 2 heterocycles. The van der Waals surface area contributed by atoms with Gasteiger partial charge in [0, 0.05) is 10.4 Å². The Balaban J connectivity index is 2.29. The number of nitrogens with zero attached hydrogens (tertiary/aromatic N) is 2. The number of hydrogen-bond acceptors (Lipinski definition) is 5. The summed E-state index contributed by atoms with van der Waals surface area (Å²) in [5.41, 5.74) is 1.66. The summed E-state index contributed by atoms with van der Waals surface area (Å²) in [6, 6.07) is 9.11. The fourth-order valence-corrected chi connectivity index (χ4v) is 3.91. The van der Waals surface area contributed by atoms with E-state index in [9.17, 15) is 9.59 Å². The zero-order chi connectivity index (χ0) is 17.3. The highest BCUT2D eigenvalue weighted by molar-refractivity contribution is 7.19. The molecule has 1 atom stereocenters. The second-order valence-corrected chi connectivity index (χ2v) is 6.69. The lowest BCUT2D eigenvalue weighted by molar-refractivity contribution is -0.144. The monoisotopic (exact) mass is 342 g/mol. The van der Waals surface area contributed by atoms with E-state index in [4.69, 9.17) is 4.74 Å². The number of aryl methyl sites for hydroxylation is 1. The Morgan fingerprint density at radius 3 is 2.67 bits per heavy atom. The highest BCUT2D eigenvalue weighted by atomic mass is 32.1. The third-order valence-electron chi connectivity index (χ3n) is 4.07. The Morgan fingerprint density at radius 2 is 2.04 bits per heavy atom. The van der Waals surface area contributed by atoms with Crippen molar-refractivity contribution in [3.05, 3.63) is 51.9 Å². The highest BCUT2D eigenvalue weighted by Crippen LogP contribution is 2.35. The van der Waals surface area contributed by atoms with E-state index < -0.39 is 12.0 Å². The molecule has 3 rings (SSSR count).